The Labute approximate surface area is 110 Å². The molecule has 0 fully saturated rings. The fourth-order valence-corrected chi connectivity index (χ4v) is 1.63. The smallest absolute Gasteiger partial charge is 0.274 e. The van der Waals surface area contributed by atoms with E-state index in [1.807, 2.05) is 12.1 Å². The zero-order valence-electron chi connectivity index (χ0n) is 10.4. The van der Waals surface area contributed by atoms with Gasteiger partial charge in [-0.15, -0.1) is 0 Å². The largest absolute Gasteiger partial charge is 0.395 e. The Morgan fingerprint density at radius 1 is 1.58 bits per heavy atom. The van der Waals surface area contributed by atoms with E-state index in [4.69, 9.17) is 11.0 Å². The van der Waals surface area contributed by atoms with Gasteiger partial charge in [0.15, 0.2) is 5.69 Å². The van der Waals surface area contributed by atoms with Gasteiger partial charge in [0.2, 0.25) is 0 Å². The molecule has 4 N–H and O–H groups in total. The number of aryl methyl sites for hydroxylation is 1. The minimum absolute atomic E-state index is 0.189. The van der Waals surface area contributed by atoms with Crippen molar-refractivity contribution >= 4 is 11.6 Å². The van der Waals surface area contributed by atoms with Gasteiger partial charge in [-0.3, -0.25) is 9.89 Å². The first-order chi connectivity index (χ1) is 9.11. The summed E-state index contributed by atoms with van der Waals surface area (Å²) in [6.07, 6.45) is 0. The third-order valence-electron chi connectivity index (χ3n) is 2.72. The molecular weight excluding hydrogens is 242 g/mol. The van der Waals surface area contributed by atoms with Gasteiger partial charge in [0.25, 0.3) is 5.91 Å². The minimum Gasteiger partial charge on any atom is -0.395 e. The normalized spacial score (nSPS) is 9.89. The summed E-state index contributed by atoms with van der Waals surface area (Å²) in [4.78, 5) is 11.9. The van der Waals surface area contributed by atoms with E-state index in [0.29, 0.717) is 23.5 Å². The number of amides is 1. The van der Waals surface area contributed by atoms with Gasteiger partial charge in [-0.2, -0.15) is 10.4 Å². The number of benzene rings is 1. The number of carbonyl (C=O) groups excluding carboxylic acids is 1. The Balaban J connectivity index is 2.05. The van der Waals surface area contributed by atoms with E-state index < -0.39 is 0 Å². The number of nitrogen functional groups attached to an aromatic ring is 1. The standard InChI is InChI=1S/C13H13N5O/c1-8-11(15)12(18-17-8)13(19)16-7-10-4-2-3-9(5-10)6-14/h2-5H,7,15H2,1H3,(H,16,19)(H,17,18). The van der Waals surface area contributed by atoms with E-state index >= 15 is 0 Å². The van der Waals surface area contributed by atoms with Gasteiger partial charge >= 0.3 is 0 Å². The number of hydrogen-bond donors (Lipinski definition) is 3. The Bertz CT molecular complexity index is 653. The zero-order chi connectivity index (χ0) is 13.8. The Hall–Kier alpha value is -2.81. The van der Waals surface area contributed by atoms with Gasteiger partial charge in [-0.05, 0) is 24.6 Å². The zero-order valence-corrected chi connectivity index (χ0v) is 10.4. The molecule has 1 aromatic heterocycles. The van der Waals surface area contributed by atoms with Crippen molar-refractivity contribution in [2.75, 3.05) is 5.73 Å². The van der Waals surface area contributed by atoms with Crippen molar-refractivity contribution in [2.45, 2.75) is 13.5 Å². The van der Waals surface area contributed by atoms with Crippen LogP contribution >= 0.6 is 0 Å². The van der Waals surface area contributed by atoms with Gasteiger partial charge in [0, 0.05) is 6.54 Å². The van der Waals surface area contributed by atoms with Crippen LogP contribution in [-0.2, 0) is 6.54 Å². The number of aromatic amines is 1. The summed E-state index contributed by atoms with van der Waals surface area (Å²) in [5.41, 5.74) is 8.33. The highest BCUT2D eigenvalue weighted by atomic mass is 16.1. The summed E-state index contributed by atoms with van der Waals surface area (Å²) < 4.78 is 0. The van der Waals surface area contributed by atoms with Crippen LogP contribution in [-0.4, -0.2) is 16.1 Å². The van der Waals surface area contributed by atoms with Crippen LogP contribution in [0.25, 0.3) is 0 Å². The molecule has 96 valence electrons. The van der Waals surface area contributed by atoms with Crippen molar-refractivity contribution in [3.63, 3.8) is 0 Å². The maximum Gasteiger partial charge on any atom is 0.274 e. The number of aromatic nitrogens is 2. The van der Waals surface area contributed by atoms with Crippen LogP contribution < -0.4 is 11.1 Å². The van der Waals surface area contributed by atoms with Crippen LogP contribution in [0.1, 0.15) is 27.3 Å². The van der Waals surface area contributed by atoms with Crippen molar-refractivity contribution in [1.82, 2.24) is 15.5 Å². The first-order valence-electron chi connectivity index (χ1n) is 5.69. The van der Waals surface area contributed by atoms with Gasteiger partial charge in [0.1, 0.15) is 0 Å². The molecule has 0 unspecified atom stereocenters. The number of H-pyrrole nitrogens is 1. The predicted molar refractivity (Wildman–Crippen MR) is 70.1 cm³/mol. The molecule has 1 aromatic carbocycles. The molecule has 6 nitrogen and oxygen atoms in total. The van der Waals surface area contributed by atoms with Gasteiger partial charge < -0.3 is 11.1 Å². The number of nitriles is 1. The highest BCUT2D eigenvalue weighted by Crippen LogP contribution is 2.12. The third-order valence-corrected chi connectivity index (χ3v) is 2.72. The number of carbonyl (C=O) groups is 1. The Morgan fingerprint density at radius 2 is 2.37 bits per heavy atom. The van der Waals surface area contributed by atoms with Crippen LogP contribution in [0.4, 0.5) is 5.69 Å². The summed E-state index contributed by atoms with van der Waals surface area (Å²) in [6, 6.07) is 9.08. The summed E-state index contributed by atoms with van der Waals surface area (Å²) in [6.45, 7) is 2.06. The lowest BCUT2D eigenvalue weighted by Crippen LogP contribution is -2.24. The van der Waals surface area contributed by atoms with Crippen molar-refractivity contribution in [3.05, 3.63) is 46.8 Å². The number of anilines is 1. The molecule has 0 saturated carbocycles. The molecule has 0 atom stereocenters. The van der Waals surface area contributed by atoms with E-state index in [-0.39, 0.29) is 11.6 Å². The molecule has 2 aromatic rings. The molecular formula is C13H13N5O. The second-order valence-corrected chi connectivity index (χ2v) is 4.11. The minimum atomic E-state index is -0.343. The molecule has 0 bridgehead atoms. The van der Waals surface area contributed by atoms with Gasteiger partial charge in [-0.25, -0.2) is 0 Å². The molecule has 0 saturated heterocycles. The summed E-state index contributed by atoms with van der Waals surface area (Å²) >= 11 is 0. The maximum absolute atomic E-state index is 11.9. The fraction of sp³-hybridized carbons (Fsp3) is 0.154. The van der Waals surface area contributed by atoms with Crippen LogP contribution in [0.2, 0.25) is 0 Å². The quantitative estimate of drug-likeness (QED) is 0.763. The van der Waals surface area contributed by atoms with Gasteiger partial charge in [-0.1, -0.05) is 12.1 Å². The fourth-order valence-electron chi connectivity index (χ4n) is 1.63. The molecule has 0 spiro atoms. The maximum atomic E-state index is 11.9. The first kappa shape index (κ1) is 12.6. The second-order valence-electron chi connectivity index (χ2n) is 4.11. The van der Waals surface area contributed by atoms with E-state index in [0.717, 1.165) is 5.56 Å². The predicted octanol–water partition coefficient (Wildman–Crippen LogP) is 1.10. The summed E-state index contributed by atoms with van der Waals surface area (Å²) in [7, 11) is 0. The molecule has 0 radical (unpaired) electrons. The molecule has 6 heteroatoms. The first-order valence-corrected chi connectivity index (χ1v) is 5.69. The monoisotopic (exact) mass is 255 g/mol. The summed E-state index contributed by atoms with van der Waals surface area (Å²) in [5, 5.41) is 18.0. The van der Waals surface area contributed by atoms with E-state index in [9.17, 15) is 4.79 Å². The van der Waals surface area contributed by atoms with Crippen LogP contribution in [0, 0.1) is 18.3 Å². The number of rotatable bonds is 3. The van der Waals surface area contributed by atoms with Crippen LogP contribution in [0.15, 0.2) is 24.3 Å². The lowest BCUT2D eigenvalue weighted by Gasteiger charge is -2.04. The number of nitrogens with one attached hydrogen (secondary N) is 2. The van der Waals surface area contributed by atoms with E-state index in [2.05, 4.69) is 15.5 Å². The topological polar surface area (TPSA) is 108 Å². The average molecular weight is 255 g/mol. The van der Waals surface area contributed by atoms with E-state index in [1.54, 1.807) is 25.1 Å². The molecule has 0 aliphatic rings. The molecule has 2 rings (SSSR count). The number of nitrogens with zero attached hydrogens (tertiary/aromatic N) is 2. The highest BCUT2D eigenvalue weighted by Gasteiger charge is 2.14. The second kappa shape index (κ2) is 5.23. The molecule has 0 aliphatic carbocycles. The van der Waals surface area contributed by atoms with Crippen molar-refractivity contribution in [1.29, 1.82) is 5.26 Å². The van der Waals surface area contributed by atoms with E-state index in [1.165, 1.54) is 0 Å². The molecule has 1 heterocycles. The third kappa shape index (κ3) is 2.72. The van der Waals surface area contributed by atoms with Gasteiger partial charge in [0.05, 0.1) is 23.0 Å². The van der Waals surface area contributed by atoms with Crippen LogP contribution in [0.5, 0.6) is 0 Å². The average Bonchev–Trinajstić information content (AvgIpc) is 2.77. The number of hydrogen-bond acceptors (Lipinski definition) is 4. The van der Waals surface area contributed by atoms with Crippen molar-refractivity contribution < 1.29 is 4.79 Å². The van der Waals surface area contributed by atoms with Crippen molar-refractivity contribution in [2.24, 2.45) is 0 Å². The lowest BCUT2D eigenvalue weighted by molar-refractivity contribution is 0.0947. The number of nitrogens with two attached hydrogens (primary N) is 1. The van der Waals surface area contributed by atoms with Crippen molar-refractivity contribution in [3.8, 4) is 6.07 Å². The highest BCUT2D eigenvalue weighted by molar-refractivity contribution is 5.97. The molecule has 19 heavy (non-hydrogen) atoms. The Morgan fingerprint density at radius 3 is 3.00 bits per heavy atom. The SMILES string of the molecule is Cc1[nH]nc(C(=O)NCc2cccc(C#N)c2)c1N. The molecule has 0 aliphatic heterocycles. The lowest BCUT2D eigenvalue weighted by atomic mass is 10.1. The summed E-state index contributed by atoms with van der Waals surface area (Å²) in [5.74, 6) is -0.343. The molecule has 1 amide bonds. The Kier molecular flexibility index (Phi) is 3.48. The van der Waals surface area contributed by atoms with Crippen LogP contribution in [0.3, 0.4) is 0 Å².